The summed E-state index contributed by atoms with van der Waals surface area (Å²) in [6, 6.07) is 0. The molecule has 0 unspecified atom stereocenters. The number of nitrogens with zero attached hydrogens (tertiary/aromatic N) is 2. The van der Waals surface area contributed by atoms with Gasteiger partial charge in [0.25, 0.3) is 5.19 Å². The summed E-state index contributed by atoms with van der Waals surface area (Å²) < 4.78 is 12.4. The van der Waals surface area contributed by atoms with Gasteiger partial charge < -0.3 is 14.9 Å². The van der Waals surface area contributed by atoms with E-state index in [0.717, 1.165) is 18.4 Å². The maximum Gasteiger partial charge on any atom is 0.296 e. The van der Waals surface area contributed by atoms with Crippen molar-refractivity contribution in [2.45, 2.75) is 71.2 Å². The predicted octanol–water partition coefficient (Wildman–Crippen LogP) is 5.50. The average molecular weight is 408 g/mol. The Balaban J connectivity index is 2.08. The van der Waals surface area contributed by atoms with Gasteiger partial charge in [-0.05, 0) is 67.3 Å². The standard InChI is InChI=1S/C20H33N3O2SSi/c1-19(2,3)27(6,7)25-20(4,5)16-11-9-8-10-15(12-13-16)14-24-18-23-22-17(21)26-18/h10-13H,8-9,14H2,1-7H3,(H2,21,22)/b13-12?,15-10-,16-11?. The second kappa shape index (κ2) is 8.28. The van der Waals surface area contributed by atoms with Crippen molar-refractivity contribution in [3.8, 4) is 5.19 Å². The lowest BCUT2D eigenvalue weighted by molar-refractivity contribution is 0.132. The smallest absolute Gasteiger partial charge is 0.296 e. The van der Waals surface area contributed by atoms with Gasteiger partial charge in [0, 0.05) is 0 Å². The van der Waals surface area contributed by atoms with Crippen molar-refractivity contribution in [3.63, 3.8) is 0 Å². The van der Waals surface area contributed by atoms with Gasteiger partial charge in [-0.15, -0.1) is 5.10 Å². The highest BCUT2D eigenvalue weighted by molar-refractivity contribution is 7.16. The number of hydrogen-bond acceptors (Lipinski definition) is 6. The molecule has 0 aliphatic heterocycles. The van der Waals surface area contributed by atoms with Gasteiger partial charge in [-0.25, -0.2) is 0 Å². The van der Waals surface area contributed by atoms with E-state index in [-0.39, 0.29) is 10.6 Å². The molecular formula is C20H33N3O2SSi. The lowest BCUT2D eigenvalue weighted by Gasteiger charge is -2.43. The molecule has 27 heavy (non-hydrogen) atoms. The molecule has 1 heterocycles. The van der Waals surface area contributed by atoms with Crippen LogP contribution in [0.15, 0.2) is 35.5 Å². The molecule has 5 nitrogen and oxygen atoms in total. The van der Waals surface area contributed by atoms with Crippen molar-refractivity contribution < 1.29 is 9.16 Å². The van der Waals surface area contributed by atoms with Crippen LogP contribution in [0.25, 0.3) is 0 Å². The number of nitrogens with two attached hydrogens (primary N) is 1. The van der Waals surface area contributed by atoms with Gasteiger partial charge in [0.2, 0.25) is 5.13 Å². The fourth-order valence-electron chi connectivity index (χ4n) is 2.67. The van der Waals surface area contributed by atoms with Gasteiger partial charge in [-0.2, -0.15) is 0 Å². The quantitative estimate of drug-likeness (QED) is 0.630. The van der Waals surface area contributed by atoms with Crippen molar-refractivity contribution in [2.75, 3.05) is 12.3 Å². The van der Waals surface area contributed by atoms with Crippen LogP contribution in [-0.2, 0) is 4.43 Å². The van der Waals surface area contributed by atoms with Crippen LogP contribution in [0.1, 0.15) is 47.5 Å². The third-order valence-electron chi connectivity index (χ3n) is 5.21. The van der Waals surface area contributed by atoms with Crippen LogP contribution in [0, 0.1) is 0 Å². The number of aromatic nitrogens is 2. The summed E-state index contributed by atoms with van der Waals surface area (Å²) in [5, 5.41) is 8.78. The Morgan fingerprint density at radius 3 is 2.33 bits per heavy atom. The van der Waals surface area contributed by atoms with Crippen LogP contribution in [0.2, 0.25) is 18.1 Å². The Labute approximate surface area is 168 Å². The van der Waals surface area contributed by atoms with E-state index in [1.165, 1.54) is 16.9 Å². The molecule has 0 aromatic carbocycles. The molecule has 1 aliphatic carbocycles. The largest absolute Gasteiger partial charge is 0.464 e. The van der Waals surface area contributed by atoms with E-state index in [2.05, 4.69) is 82.2 Å². The number of nitrogen functional groups attached to an aromatic ring is 1. The van der Waals surface area contributed by atoms with Crippen LogP contribution in [0.5, 0.6) is 5.19 Å². The van der Waals surface area contributed by atoms with Crippen LogP contribution >= 0.6 is 11.3 Å². The molecular weight excluding hydrogens is 374 g/mol. The predicted molar refractivity (Wildman–Crippen MR) is 117 cm³/mol. The Morgan fingerprint density at radius 1 is 1.07 bits per heavy atom. The number of allylic oxidation sites excluding steroid dienone is 2. The number of hydrogen-bond donors (Lipinski definition) is 1. The number of rotatable bonds is 6. The SMILES string of the molecule is CC(C)(O[Si](C)(C)C(C)(C)C)C1=CCC/C=C(\COc2nnc(N)s2)C=C1. The molecule has 2 N–H and O–H groups in total. The van der Waals surface area contributed by atoms with Gasteiger partial charge in [-0.3, -0.25) is 0 Å². The second-order valence-corrected chi connectivity index (χ2v) is 14.6. The highest BCUT2D eigenvalue weighted by Gasteiger charge is 2.42. The first kappa shape index (κ1) is 21.9. The van der Waals surface area contributed by atoms with Crippen LogP contribution < -0.4 is 10.5 Å². The van der Waals surface area contributed by atoms with Gasteiger partial charge in [0.1, 0.15) is 6.61 Å². The van der Waals surface area contributed by atoms with Crippen molar-refractivity contribution in [1.29, 1.82) is 0 Å². The molecule has 0 fully saturated rings. The summed E-state index contributed by atoms with van der Waals surface area (Å²) in [5.74, 6) is 0. The normalized spacial score (nSPS) is 18.3. The van der Waals surface area contributed by atoms with Gasteiger partial charge in [-0.1, -0.05) is 50.2 Å². The highest BCUT2D eigenvalue weighted by Crippen LogP contribution is 2.41. The monoisotopic (exact) mass is 407 g/mol. The molecule has 1 aromatic rings. The molecule has 7 heteroatoms. The molecule has 0 saturated heterocycles. The number of anilines is 1. The summed E-state index contributed by atoms with van der Waals surface area (Å²) in [4.78, 5) is 0. The first-order valence-electron chi connectivity index (χ1n) is 9.40. The Bertz CT molecular complexity index is 743. The van der Waals surface area contributed by atoms with Gasteiger partial charge in [0.05, 0.1) is 5.60 Å². The zero-order valence-corrected chi connectivity index (χ0v) is 19.4. The fraction of sp³-hybridized carbons (Fsp3) is 0.600. The van der Waals surface area contributed by atoms with Crippen LogP contribution in [0.4, 0.5) is 5.13 Å². The lowest BCUT2D eigenvalue weighted by Crippen LogP contribution is -2.48. The molecule has 0 radical (unpaired) electrons. The summed E-state index contributed by atoms with van der Waals surface area (Å²) in [7, 11) is -1.87. The Hall–Kier alpha value is -1.44. The van der Waals surface area contributed by atoms with Crippen molar-refractivity contribution in [3.05, 3.63) is 35.5 Å². The molecule has 0 spiro atoms. The first-order valence-corrected chi connectivity index (χ1v) is 13.1. The first-order chi connectivity index (χ1) is 12.4. The third-order valence-corrected chi connectivity index (χ3v) is 10.5. The summed E-state index contributed by atoms with van der Waals surface area (Å²) in [6.45, 7) is 16.2. The Morgan fingerprint density at radius 2 is 1.74 bits per heavy atom. The molecule has 1 aliphatic rings. The molecule has 150 valence electrons. The van der Waals surface area contributed by atoms with Crippen molar-refractivity contribution in [1.82, 2.24) is 10.2 Å². The molecule has 0 bridgehead atoms. The van der Waals surface area contributed by atoms with Gasteiger partial charge >= 0.3 is 0 Å². The molecule has 0 atom stereocenters. The van der Waals surface area contributed by atoms with E-state index in [1.807, 2.05) is 0 Å². The molecule has 2 rings (SSSR count). The lowest BCUT2D eigenvalue weighted by atomic mass is 9.94. The van der Waals surface area contributed by atoms with Crippen LogP contribution in [-0.4, -0.2) is 30.7 Å². The van der Waals surface area contributed by atoms with E-state index >= 15 is 0 Å². The third kappa shape index (κ3) is 6.02. The number of ether oxygens (including phenoxy) is 1. The summed E-state index contributed by atoms with van der Waals surface area (Å²) in [6.07, 6.45) is 10.7. The van der Waals surface area contributed by atoms with E-state index < -0.39 is 8.32 Å². The minimum atomic E-state index is -1.87. The summed E-state index contributed by atoms with van der Waals surface area (Å²) in [5.41, 5.74) is 7.62. The second-order valence-electron chi connectivity index (χ2n) is 8.92. The van der Waals surface area contributed by atoms with Crippen LogP contribution in [0.3, 0.4) is 0 Å². The topological polar surface area (TPSA) is 70.3 Å². The average Bonchev–Trinajstić information content (AvgIpc) is 2.89. The van der Waals surface area contributed by atoms with E-state index in [1.54, 1.807) is 0 Å². The zero-order valence-electron chi connectivity index (χ0n) is 17.6. The zero-order chi connectivity index (χ0) is 20.3. The van der Waals surface area contributed by atoms with Gasteiger partial charge in [0.15, 0.2) is 8.32 Å². The molecule has 0 amide bonds. The fourth-order valence-corrected chi connectivity index (χ4v) is 4.83. The summed E-state index contributed by atoms with van der Waals surface area (Å²) >= 11 is 1.25. The van der Waals surface area contributed by atoms with Crippen molar-refractivity contribution >= 4 is 24.8 Å². The minimum absolute atomic E-state index is 0.179. The maximum atomic E-state index is 6.73. The Kier molecular flexibility index (Phi) is 6.71. The highest BCUT2D eigenvalue weighted by atomic mass is 32.1. The van der Waals surface area contributed by atoms with E-state index in [4.69, 9.17) is 14.9 Å². The van der Waals surface area contributed by atoms with E-state index in [0.29, 0.717) is 16.9 Å². The molecule has 0 saturated carbocycles. The van der Waals surface area contributed by atoms with Crippen molar-refractivity contribution in [2.24, 2.45) is 0 Å². The minimum Gasteiger partial charge on any atom is -0.464 e. The maximum absolute atomic E-state index is 6.73. The molecule has 1 aromatic heterocycles. The van der Waals surface area contributed by atoms with E-state index in [9.17, 15) is 0 Å².